The quantitative estimate of drug-likeness (QED) is 0.803. The number of rotatable bonds is 2. The molecule has 2 rings (SSSR count). The standard InChI is InChI=1S/C13H18N2O2/c1-13(12(16)14-8-3-9-15-13)10-4-6-11(17-2)7-5-10/h4-7,15H,3,8-9H2,1-2H3,(H,14,16). The number of carbonyl (C=O) groups is 1. The molecule has 1 amide bonds. The molecule has 92 valence electrons. The highest BCUT2D eigenvalue weighted by Gasteiger charge is 2.35. The lowest BCUT2D eigenvalue weighted by Gasteiger charge is -2.28. The van der Waals surface area contributed by atoms with Crippen molar-refractivity contribution in [1.82, 2.24) is 10.6 Å². The van der Waals surface area contributed by atoms with Gasteiger partial charge in [0.25, 0.3) is 0 Å². The zero-order chi connectivity index (χ0) is 12.3. The molecule has 1 unspecified atom stereocenters. The fourth-order valence-corrected chi connectivity index (χ4v) is 2.04. The topological polar surface area (TPSA) is 50.4 Å². The summed E-state index contributed by atoms with van der Waals surface area (Å²) in [4.78, 5) is 12.1. The zero-order valence-corrected chi connectivity index (χ0v) is 10.2. The smallest absolute Gasteiger partial charge is 0.244 e. The summed E-state index contributed by atoms with van der Waals surface area (Å²) in [5.41, 5.74) is 0.306. The molecule has 1 saturated heterocycles. The van der Waals surface area contributed by atoms with Gasteiger partial charge < -0.3 is 10.1 Å². The van der Waals surface area contributed by atoms with Gasteiger partial charge in [-0.2, -0.15) is 0 Å². The van der Waals surface area contributed by atoms with E-state index in [1.807, 2.05) is 31.2 Å². The maximum absolute atomic E-state index is 12.1. The van der Waals surface area contributed by atoms with Gasteiger partial charge in [0.15, 0.2) is 0 Å². The molecule has 4 heteroatoms. The summed E-state index contributed by atoms with van der Waals surface area (Å²) in [5, 5.41) is 6.24. The van der Waals surface area contributed by atoms with E-state index in [0.717, 1.165) is 30.8 Å². The lowest BCUT2D eigenvalue weighted by molar-refractivity contribution is -0.126. The highest BCUT2D eigenvalue weighted by atomic mass is 16.5. The van der Waals surface area contributed by atoms with Crippen molar-refractivity contribution in [3.63, 3.8) is 0 Å². The summed E-state index contributed by atoms with van der Waals surface area (Å²) >= 11 is 0. The van der Waals surface area contributed by atoms with Gasteiger partial charge in [0.05, 0.1) is 7.11 Å². The van der Waals surface area contributed by atoms with Crippen LogP contribution in [0.4, 0.5) is 0 Å². The van der Waals surface area contributed by atoms with Crippen molar-refractivity contribution >= 4 is 5.91 Å². The minimum absolute atomic E-state index is 0.0279. The molecule has 0 spiro atoms. The zero-order valence-electron chi connectivity index (χ0n) is 10.2. The average molecular weight is 234 g/mol. The predicted octanol–water partition coefficient (Wildman–Crippen LogP) is 1.02. The molecule has 1 aromatic rings. The average Bonchev–Trinajstić information content (AvgIpc) is 2.53. The molecule has 2 N–H and O–H groups in total. The van der Waals surface area contributed by atoms with Crippen molar-refractivity contribution in [2.75, 3.05) is 20.2 Å². The molecule has 4 nitrogen and oxygen atoms in total. The molecule has 1 atom stereocenters. The maximum Gasteiger partial charge on any atom is 0.244 e. The monoisotopic (exact) mass is 234 g/mol. The number of ether oxygens (including phenoxy) is 1. The predicted molar refractivity (Wildman–Crippen MR) is 66.0 cm³/mol. The van der Waals surface area contributed by atoms with E-state index in [2.05, 4.69) is 10.6 Å². The van der Waals surface area contributed by atoms with Gasteiger partial charge in [-0.1, -0.05) is 12.1 Å². The Labute approximate surface area is 101 Å². The second-order valence-corrected chi connectivity index (χ2v) is 4.39. The highest BCUT2D eigenvalue weighted by Crippen LogP contribution is 2.24. The van der Waals surface area contributed by atoms with E-state index in [1.54, 1.807) is 7.11 Å². The van der Waals surface area contributed by atoms with Gasteiger partial charge in [-0.25, -0.2) is 0 Å². The molecule has 0 aliphatic carbocycles. The summed E-state index contributed by atoms with van der Waals surface area (Å²) in [6.45, 7) is 3.48. The van der Waals surface area contributed by atoms with E-state index in [-0.39, 0.29) is 5.91 Å². The van der Waals surface area contributed by atoms with Crippen LogP contribution in [-0.2, 0) is 10.3 Å². The van der Waals surface area contributed by atoms with E-state index in [1.165, 1.54) is 0 Å². The molecule has 0 aromatic heterocycles. The molecule has 1 fully saturated rings. The van der Waals surface area contributed by atoms with Gasteiger partial charge in [-0.3, -0.25) is 10.1 Å². The number of carbonyl (C=O) groups excluding carboxylic acids is 1. The van der Waals surface area contributed by atoms with Gasteiger partial charge in [-0.05, 0) is 37.6 Å². The Balaban J connectivity index is 2.30. The molecule has 1 aliphatic heterocycles. The normalized spacial score (nSPS) is 24.9. The third kappa shape index (κ3) is 2.26. The van der Waals surface area contributed by atoms with Gasteiger partial charge in [0.2, 0.25) is 5.91 Å². The molecule has 17 heavy (non-hydrogen) atoms. The number of hydrogen-bond acceptors (Lipinski definition) is 3. The lowest BCUT2D eigenvalue weighted by Crippen LogP contribution is -2.49. The van der Waals surface area contributed by atoms with Gasteiger partial charge in [0.1, 0.15) is 11.3 Å². The van der Waals surface area contributed by atoms with Crippen LogP contribution in [0.2, 0.25) is 0 Å². The Kier molecular flexibility index (Phi) is 3.33. The molecular weight excluding hydrogens is 216 g/mol. The number of amides is 1. The minimum atomic E-state index is -0.650. The number of benzene rings is 1. The van der Waals surface area contributed by atoms with Crippen LogP contribution >= 0.6 is 0 Å². The van der Waals surface area contributed by atoms with E-state index in [9.17, 15) is 4.79 Å². The number of nitrogens with one attached hydrogen (secondary N) is 2. The second-order valence-electron chi connectivity index (χ2n) is 4.39. The van der Waals surface area contributed by atoms with Crippen LogP contribution in [0.1, 0.15) is 18.9 Å². The molecule has 1 heterocycles. The Hall–Kier alpha value is -1.55. The van der Waals surface area contributed by atoms with Crippen LogP contribution in [0.15, 0.2) is 24.3 Å². The van der Waals surface area contributed by atoms with Crippen molar-refractivity contribution in [2.45, 2.75) is 18.9 Å². The van der Waals surface area contributed by atoms with Gasteiger partial charge >= 0.3 is 0 Å². The first kappa shape index (κ1) is 11.9. The van der Waals surface area contributed by atoms with Gasteiger partial charge in [-0.15, -0.1) is 0 Å². The molecule has 0 radical (unpaired) electrons. The summed E-state index contributed by atoms with van der Waals surface area (Å²) in [6.07, 6.45) is 0.956. The van der Waals surface area contributed by atoms with Crippen molar-refractivity contribution in [1.29, 1.82) is 0 Å². The number of hydrogen-bond donors (Lipinski definition) is 2. The Morgan fingerprint density at radius 2 is 1.94 bits per heavy atom. The SMILES string of the molecule is COc1ccc(C2(C)NCCCNC2=O)cc1. The molecule has 1 aliphatic rings. The van der Waals surface area contributed by atoms with E-state index in [0.29, 0.717) is 0 Å². The second kappa shape index (κ2) is 4.75. The third-order valence-corrected chi connectivity index (χ3v) is 3.24. The Bertz CT molecular complexity index is 402. The Morgan fingerprint density at radius 3 is 2.59 bits per heavy atom. The van der Waals surface area contributed by atoms with Crippen LogP contribution in [0, 0.1) is 0 Å². The highest BCUT2D eigenvalue weighted by molar-refractivity contribution is 5.87. The maximum atomic E-state index is 12.1. The molecule has 0 bridgehead atoms. The minimum Gasteiger partial charge on any atom is -0.497 e. The first-order valence-corrected chi connectivity index (χ1v) is 5.84. The van der Waals surface area contributed by atoms with Crippen molar-refractivity contribution in [2.24, 2.45) is 0 Å². The van der Waals surface area contributed by atoms with Crippen LogP contribution in [0.3, 0.4) is 0 Å². The van der Waals surface area contributed by atoms with E-state index < -0.39 is 5.54 Å². The molecule has 0 saturated carbocycles. The van der Waals surface area contributed by atoms with Crippen LogP contribution in [-0.4, -0.2) is 26.1 Å². The fourth-order valence-electron chi connectivity index (χ4n) is 2.04. The summed E-state index contributed by atoms with van der Waals surface area (Å²) in [7, 11) is 1.63. The largest absolute Gasteiger partial charge is 0.497 e. The van der Waals surface area contributed by atoms with Gasteiger partial charge in [0, 0.05) is 6.54 Å². The van der Waals surface area contributed by atoms with E-state index in [4.69, 9.17) is 4.74 Å². The van der Waals surface area contributed by atoms with Crippen molar-refractivity contribution in [3.8, 4) is 5.75 Å². The van der Waals surface area contributed by atoms with Crippen LogP contribution < -0.4 is 15.4 Å². The van der Waals surface area contributed by atoms with Crippen molar-refractivity contribution in [3.05, 3.63) is 29.8 Å². The summed E-state index contributed by atoms with van der Waals surface area (Å²) in [6, 6.07) is 7.61. The summed E-state index contributed by atoms with van der Waals surface area (Å²) < 4.78 is 5.12. The Morgan fingerprint density at radius 1 is 1.24 bits per heavy atom. The van der Waals surface area contributed by atoms with Crippen LogP contribution in [0.25, 0.3) is 0 Å². The van der Waals surface area contributed by atoms with Crippen molar-refractivity contribution < 1.29 is 9.53 Å². The first-order chi connectivity index (χ1) is 8.16. The molecular formula is C13H18N2O2. The fraction of sp³-hybridized carbons (Fsp3) is 0.462. The first-order valence-electron chi connectivity index (χ1n) is 5.84. The molecule has 1 aromatic carbocycles. The van der Waals surface area contributed by atoms with Crippen LogP contribution in [0.5, 0.6) is 5.75 Å². The number of methoxy groups -OCH3 is 1. The van der Waals surface area contributed by atoms with E-state index >= 15 is 0 Å². The lowest BCUT2D eigenvalue weighted by atomic mass is 9.91. The third-order valence-electron chi connectivity index (χ3n) is 3.24. The summed E-state index contributed by atoms with van der Waals surface area (Å²) in [5.74, 6) is 0.826.